The van der Waals surface area contributed by atoms with Crippen LogP contribution >= 0.6 is 0 Å². The van der Waals surface area contributed by atoms with Crippen LogP contribution in [0.1, 0.15) is 25.0 Å². The van der Waals surface area contributed by atoms with Crippen molar-refractivity contribution in [1.29, 1.82) is 0 Å². The van der Waals surface area contributed by atoms with E-state index in [0.29, 0.717) is 6.42 Å². The molecule has 1 unspecified atom stereocenters. The molecule has 0 aliphatic heterocycles. The van der Waals surface area contributed by atoms with Crippen LogP contribution in [0.2, 0.25) is 0 Å². The van der Waals surface area contributed by atoms with E-state index >= 15 is 0 Å². The van der Waals surface area contributed by atoms with Gasteiger partial charge in [-0.1, -0.05) is 38.1 Å². The molecule has 0 fully saturated rings. The first-order chi connectivity index (χ1) is 8.56. The van der Waals surface area contributed by atoms with Crippen molar-refractivity contribution in [2.45, 2.75) is 32.9 Å². The maximum Gasteiger partial charge on any atom is 0.320 e. The third-order valence-corrected chi connectivity index (χ3v) is 3.10. The van der Waals surface area contributed by atoms with Crippen LogP contribution in [-0.4, -0.2) is 35.1 Å². The first-order valence-corrected chi connectivity index (χ1v) is 6.35. The van der Waals surface area contributed by atoms with Gasteiger partial charge < -0.3 is 10.8 Å². The number of nitrogens with two attached hydrogens (primary N) is 1. The van der Waals surface area contributed by atoms with Gasteiger partial charge in [-0.05, 0) is 30.6 Å². The standard InChI is InChI=1S/C14H22N2O2/c1-3-16(4-2)10-12-7-5-11(6-8-12)9-13(15)14(17)18/h5-8,13H,3-4,9-10,15H2,1-2H3,(H,17,18). The Morgan fingerprint density at radius 3 is 2.17 bits per heavy atom. The van der Waals surface area contributed by atoms with E-state index in [1.54, 1.807) is 0 Å². The van der Waals surface area contributed by atoms with E-state index in [9.17, 15) is 4.79 Å². The molecule has 0 amide bonds. The molecule has 0 radical (unpaired) electrons. The predicted molar refractivity (Wildman–Crippen MR) is 72.4 cm³/mol. The fraction of sp³-hybridized carbons (Fsp3) is 0.500. The topological polar surface area (TPSA) is 66.6 Å². The van der Waals surface area contributed by atoms with Crippen LogP contribution in [0.5, 0.6) is 0 Å². The van der Waals surface area contributed by atoms with Crippen LogP contribution in [0.4, 0.5) is 0 Å². The quantitative estimate of drug-likeness (QED) is 0.769. The SMILES string of the molecule is CCN(CC)Cc1ccc(CC(N)C(=O)O)cc1. The molecule has 18 heavy (non-hydrogen) atoms. The molecule has 0 aliphatic carbocycles. The van der Waals surface area contributed by atoms with Gasteiger partial charge in [0.05, 0.1) is 0 Å². The minimum Gasteiger partial charge on any atom is -0.480 e. The van der Waals surface area contributed by atoms with Crippen molar-refractivity contribution in [1.82, 2.24) is 4.90 Å². The highest BCUT2D eigenvalue weighted by Crippen LogP contribution is 2.09. The van der Waals surface area contributed by atoms with Crippen molar-refractivity contribution in [3.63, 3.8) is 0 Å². The number of carbonyl (C=O) groups is 1. The van der Waals surface area contributed by atoms with Gasteiger partial charge in [0.15, 0.2) is 0 Å². The molecule has 3 N–H and O–H groups in total. The van der Waals surface area contributed by atoms with Gasteiger partial charge in [-0.15, -0.1) is 0 Å². The molecule has 0 aliphatic rings. The molecular weight excluding hydrogens is 228 g/mol. The van der Waals surface area contributed by atoms with E-state index in [1.807, 2.05) is 24.3 Å². The van der Waals surface area contributed by atoms with Gasteiger partial charge in [0.1, 0.15) is 6.04 Å². The lowest BCUT2D eigenvalue weighted by atomic mass is 10.0. The van der Waals surface area contributed by atoms with E-state index in [4.69, 9.17) is 10.8 Å². The molecule has 0 spiro atoms. The zero-order valence-corrected chi connectivity index (χ0v) is 11.1. The third kappa shape index (κ3) is 4.47. The lowest BCUT2D eigenvalue weighted by molar-refractivity contribution is -0.138. The summed E-state index contributed by atoms with van der Waals surface area (Å²) < 4.78 is 0. The monoisotopic (exact) mass is 250 g/mol. The average molecular weight is 250 g/mol. The van der Waals surface area contributed by atoms with Crippen molar-refractivity contribution >= 4 is 5.97 Å². The molecule has 1 atom stereocenters. The molecule has 1 aromatic rings. The van der Waals surface area contributed by atoms with Crippen molar-refractivity contribution < 1.29 is 9.90 Å². The minimum atomic E-state index is -0.956. The van der Waals surface area contributed by atoms with E-state index in [2.05, 4.69) is 18.7 Å². The van der Waals surface area contributed by atoms with E-state index in [-0.39, 0.29) is 0 Å². The highest BCUT2D eigenvalue weighted by molar-refractivity contribution is 5.73. The lowest BCUT2D eigenvalue weighted by Gasteiger charge is -2.18. The van der Waals surface area contributed by atoms with Gasteiger partial charge in [-0.2, -0.15) is 0 Å². The summed E-state index contributed by atoms with van der Waals surface area (Å²) in [4.78, 5) is 13.0. The van der Waals surface area contributed by atoms with Crippen LogP contribution in [0.3, 0.4) is 0 Å². The first-order valence-electron chi connectivity index (χ1n) is 6.35. The molecule has 4 nitrogen and oxygen atoms in total. The van der Waals surface area contributed by atoms with Gasteiger partial charge >= 0.3 is 5.97 Å². The Balaban J connectivity index is 2.59. The number of nitrogens with zero attached hydrogens (tertiary/aromatic N) is 1. The summed E-state index contributed by atoms with van der Waals surface area (Å²) in [6.45, 7) is 7.27. The highest BCUT2D eigenvalue weighted by atomic mass is 16.4. The normalized spacial score (nSPS) is 12.7. The molecule has 0 bridgehead atoms. The second kappa shape index (κ2) is 7.13. The van der Waals surface area contributed by atoms with Crippen LogP contribution < -0.4 is 5.73 Å². The Hall–Kier alpha value is -1.39. The number of aliphatic carboxylic acids is 1. The maximum absolute atomic E-state index is 10.7. The molecule has 1 rings (SSSR count). The largest absolute Gasteiger partial charge is 0.480 e. The number of carboxylic acids is 1. The molecule has 0 saturated heterocycles. The smallest absolute Gasteiger partial charge is 0.320 e. The lowest BCUT2D eigenvalue weighted by Crippen LogP contribution is -2.32. The summed E-state index contributed by atoms with van der Waals surface area (Å²) in [5.74, 6) is -0.956. The second-order valence-electron chi connectivity index (χ2n) is 4.43. The van der Waals surface area contributed by atoms with E-state index in [0.717, 1.165) is 25.2 Å². The molecule has 0 heterocycles. The number of benzene rings is 1. The van der Waals surface area contributed by atoms with Crippen LogP contribution in [0, 0.1) is 0 Å². The van der Waals surface area contributed by atoms with Crippen molar-refractivity contribution in [2.75, 3.05) is 13.1 Å². The van der Waals surface area contributed by atoms with E-state index < -0.39 is 12.0 Å². The zero-order chi connectivity index (χ0) is 13.5. The molecule has 0 aromatic heterocycles. The van der Waals surface area contributed by atoms with Crippen LogP contribution in [0.25, 0.3) is 0 Å². The Morgan fingerprint density at radius 1 is 1.22 bits per heavy atom. The summed E-state index contributed by atoms with van der Waals surface area (Å²) in [5, 5.41) is 8.75. The van der Waals surface area contributed by atoms with Crippen molar-refractivity contribution in [3.05, 3.63) is 35.4 Å². The summed E-state index contributed by atoms with van der Waals surface area (Å²) in [6, 6.07) is 7.19. The summed E-state index contributed by atoms with van der Waals surface area (Å²) in [6.07, 6.45) is 0.376. The summed E-state index contributed by atoms with van der Waals surface area (Å²) in [7, 11) is 0. The predicted octanol–water partition coefficient (Wildman–Crippen LogP) is 1.48. The fourth-order valence-electron chi connectivity index (χ4n) is 1.83. The Kier molecular flexibility index (Phi) is 5.82. The number of rotatable bonds is 7. The molecule has 4 heteroatoms. The number of hydrogen-bond donors (Lipinski definition) is 2. The van der Waals surface area contributed by atoms with Gasteiger partial charge in [-0.25, -0.2) is 0 Å². The Bertz CT molecular complexity index is 372. The molecule has 100 valence electrons. The van der Waals surface area contributed by atoms with Gasteiger partial charge in [-0.3, -0.25) is 9.69 Å². The molecule has 0 saturated carbocycles. The maximum atomic E-state index is 10.7. The van der Waals surface area contributed by atoms with Gasteiger partial charge in [0, 0.05) is 6.54 Å². The summed E-state index contributed by atoms with van der Waals surface area (Å²) in [5.41, 5.74) is 7.71. The minimum absolute atomic E-state index is 0.376. The molecule has 1 aromatic carbocycles. The van der Waals surface area contributed by atoms with Crippen LogP contribution in [0.15, 0.2) is 24.3 Å². The number of hydrogen-bond acceptors (Lipinski definition) is 3. The first kappa shape index (κ1) is 14.7. The van der Waals surface area contributed by atoms with Crippen LogP contribution in [-0.2, 0) is 17.8 Å². The number of carboxylic acid groups (broad SMARTS) is 1. The average Bonchev–Trinajstić information content (AvgIpc) is 2.37. The van der Waals surface area contributed by atoms with Crippen molar-refractivity contribution in [2.24, 2.45) is 5.73 Å². The van der Waals surface area contributed by atoms with Gasteiger partial charge in [0.2, 0.25) is 0 Å². The second-order valence-corrected chi connectivity index (χ2v) is 4.43. The van der Waals surface area contributed by atoms with E-state index in [1.165, 1.54) is 5.56 Å². The third-order valence-electron chi connectivity index (χ3n) is 3.10. The van der Waals surface area contributed by atoms with Crippen molar-refractivity contribution in [3.8, 4) is 0 Å². The Labute approximate surface area is 108 Å². The Morgan fingerprint density at radius 2 is 1.72 bits per heavy atom. The van der Waals surface area contributed by atoms with Gasteiger partial charge in [0.25, 0.3) is 0 Å². The fourth-order valence-corrected chi connectivity index (χ4v) is 1.83. The molecular formula is C14H22N2O2. The highest BCUT2D eigenvalue weighted by Gasteiger charge is 2.11. The zero-order valence-electron chi connectivity index (χ0n) is 11.1. The summed E-state index contributed by atoms with van der Waals surface area (Å²) >= 11 is 0.